The molecule has 6 heteroatoms. The largest absolute Gasteiger partial charge is 0.467 e. The zero-order valence-electron chi connectivity index (χ0n) is 12.5. The molecule has 0 saturated heterocycles. The molecule has 1 amide bonds. The van der Waals surface area contributed by atoms with Crippen molar-refractivity contribution in [3.63, 3.8) is 0 Å². The van der Waals surface area contributed by atoms with Crippen LogP contribution < -0.4 is 16.4 Å². The Labute approximate surface area is 124 Å². The lowest BCUT2D eigenvalue weighted by Gasteiger charge is -2.21. The monoisotopic (exact) mass is 291 g/mol. The van der Waals surface area contributed by atoms with Crippen molar-refractivity contribution in [1.29, 1.82) is 0 Å². The number of hydrogen-bond acceptors (Lipinski definition) is 5. The SMILES string of the molecule is COC(=O)C(CC(C)C)Nc1cc2c(cc1N)CC(=O)N2. The number of methoxy groups -OCH3 is 1. The Morgan fingerprint density at radius 2 is 2.19 bits per heavy atom. The minimum Gasteiger partial charge on any atom is -0.467 e. The van der Waals surface area contributed by atoms with Crippen molar-refractivity contribution in [1.82, 2.24) is 0 Å². The van der Waals surface area contributed by atoms with Gasteiger partial charge < -0.3 is 21.1 Å². The van der Waals surface area contributed by atoms with E-state index in [-0.39, 0.29) is 11.9 Å². The van der Waals surface area contributed by atoms with E-state index < -0.39 is 6.04 Å². The highest BCUT2D eigenvalue weighted by molar-refractivity contribution is 6.01. The molecule has 0 fully saturated rings. The summed E-state index contributed by atoms with van der Waals surface area (Å²) in [6.07, 6.45) is 0.974. The van der Waals surface area contributed by atoms with E-state index in [9.17, 15) is 9.59 Å². The van der Waals surface area contributed by atoms with Crippen LogP contribution in [0.2, 0.25) is 0 Å². The summed E-state index contributed by atoms with van der Waals surface area (Å²) < 4.78 is 4.82. The summed E-state index contributed by atoms with van der Waals surface area (Å²) >= 11 is 0. The summed E-state index contributed by atoms with van der Waals surface area (Å²) in [5, 5.41) is 5.89. The van der Waals surface area contributed by atoms with Gasteiger partial charge in [-0.15, -0.1) is 0 Å². The van der Waals surface area contributed by atoms with E-state index in [1.807, 2.05) is 13.8 Å². The number of fused-ring (bicyclic) bond motifs is 1. The summed E-state index contributed by atoms with van der Waals surface area (Å²) in [5.41, 5.74) is 8.77. The third-order valence-corrected chi connectivity index (χ3v) is 3.42. The molecule has 0 radical (unpaired) electrons. The highest BCUT2D eigenvalue weighted by atomic mass is 16.5. The Morgan fingerprint density at radius 3 is 2.81 bits per heavy atom. The van der Waals surface area contributed by atoms with Crippen LogP contribution in [0.25, 0.3) is 0 Å². The van der Waals surface area contributed by atoms with E-state index in [2.05, 4.69) is 10.6 Å². The Bertz CT molecular complexity index is 570. The first-order chi connectivity index (χ1) is 9.90. The van der Waals surface area contributed by atoms with Gasteiger partial charge in [0.15, 0.2) is 0 Å². The second-order valence-corrected chi connectivity index (χ2v) is 5.67. The van der Waals surface area contributed by atoms with E-state index in [4.69, 9.17) is 10.5 Å². The second-order valence-electron chi connectivity index (χ2n) is 5.67. The topological polar surface area (TPSA) is 93.4 Å². The molecule has 6 nitrogen and oxygen atoms in total. The third-order valence-electron chi connectivity index (χ3n) is 3.42. The maximum absolute atomic E-state index is 11.9. The van der Waals surface area contributed by atoms with E-state index in [1.54, 1.807) is 12.1 Å². The molecule has 1 aliphatic rings. The predicted molar refractivity (Wildman–Crippen MR) is 82.1 cm³/mol. The van der Waals surface area contributed by atoms with Crippen LogP contribution in [-0.4, -0.2) is 25.0 Å². The molecular weight excluding hydrogens is 270 g/mol. The standard InChI is InChI=1S/C15H21N3O3/c1-8(2)4-13(15(20)21-3)17-12-7-11-9(5-10(12)16)6-14(19)18-11/h5,7-8,13,17H,4,6,16H2,1-3H3,(H,18,19). The Kier molecular flexibility index (Phi) is 4.35. The third kappa shape index (κ3) is 3.45. The van der Waals surface area contributed by atoms with Crippen molar-refractivity contribution in [2.75, 3.05) is 23.5 Å². The average molecular weight is 291 g/mol. The summed E-state index contributed by atoms with van der Waals surface area (Å²) in [4.78, 5) is 23.3. The van der Waals surface area contributed by atoms with Gasteiger partial charge in [-0.2, -0.15) is 0 Å². The Morgan fingerprint density at radius 1 is 1.48 bits per heavy atom. The molecule has 0 spiro atoms. The molecule has 1 aromatic carbocycles. The van der Waals surface area contributed by atoms with Crippen LogP contribution in [0.3, 0.4) is 0 Å². The molecular formula is C15H21N3O3. The number of carbonyl (C=O) groups is 2. The van der Waals surface area contributed by atoms with Gasteiger partial charge in [0.1, 0.15) is 6.04 Å². The fourth-order valence-corrected chi connectivity index (χ4v) is 2.43. The van der Waals surface area contributed by atoms with Gasteiger partial charge in [-0.1, -0.05) is 13.8 Å². The summed E-state index contributed by atoms with van der Waals surface area (Å²) in [6, 6.07) is 3.07. The van der Waals surface area contributed by atoms with Crippen LogP contribution in [0.1, 0.15) is 25.8 Å². The molecule has 1 aromatic rings. The first-order valence-corrected chi connectivity index (χ1v) is 6.97. The number of carbonyl (C=O) groups excluding carboxylic acids is 2. The lowest BCUT2D eigenvalue weighted by Crippen LogP contribution is -2.32. The van der Waals surface area contributed by atoms with Crippen molar-refractivity contribution in [2.24, 2.45) is 5.92 Å². The normalized spacial score (nSPS) is 14.6. The number of nitrogens with one attached hydrogen (secondary N) is 2. The molecule has 1 aliphatic heterocycles. The smallest absolute Gasteiger partial charge is 0.328 e. The average Bonchev–Trinajstić information content (AvgIpc) is 2.76. The maximum atomic E-state index is 11.9. The number of anilines is 3. The molecule has 0 aromatic heterocycles. The first-order valence-electron chi connectivity index (χ1n) is 6.97. The molecule has 1 atom stereocenters. The quantitative estimate of drug-likeness (QED) is 0.568. The fraction of sp³-hybridized carbons (Fsp3) is 0.467. The van der Waals surface area contributed by atoms with Crippen molar-refractivity contribution in [3.8, 4) is 0 Å². The number of amides is 1. The molecule has 1 unspecified atom stereocenters. The zero-order chi connectivity index (χ0) is 15.6. The van der Waals surface area contributed by atoms with Gasteiger partial charge in [-0.3, -0.25) is 4.79 Å². The van der Waals surface area contributed by atoms with E-state index in [0.29, 0.717) is 30.1 Å². The Hall–Kier alpha value is -2.24. The number of esters is 1. The van der Waals surface area contributed by atoms with E-state index in [0.717, 1.165) is 11.3 Å². The lowest BCUT2D eigenvalue weighted by atomic mass is 10.0. The number of nitrogens with two attached hydrogens (primary N) is 1. The number of rotatable bonds is 5. The molecule has 2 rings (SSSR count). The molecule has 0 aliphatic carbocycles. The highest BCUT2D eigenvalue weighted by Crippen LogP contribution is 2.32. The number of nitrogen functional groups attached to an aromatic ring is 1. The van der Waals surface area contributed by atoms with Gasteiger partial charge in [0, 0.05) is 5.69 Å². The summed E-state index contributed by atoms with van der Waals surface area (Å²) in [5.74, 6) is -0.0437. The van der Waals surface area contributed by atoms with Crippen molar-refractivity contribution >= 4 is 28.9 Å². The van der Waals surface area contributed by atoms with E-state index >= 15 is 0 Å². The maximum Gasteiger partial charge on any atom is 0.328 e. The van der Waals surface area contributed by atoms with Gasteiger partial charge in [0.2, 0.25) is 5.91 Å². The number of hydrogen-bond donors (Lipinski definition) is 3. The number of benzene rings is 1. The number of ether oxygens (including phenoxy) is 1. The van der Waals surface area contributed by atoms with Crippen LogP contribution in [0, 0.1) is 5.92 Å². The predicted octanol–water partition coefficient (Wildman–Crippen LogP) is 1.76. The molecule has 0 bridgehead atoms. The van der Waals surface area contributed by atoms with E-state index in [1.165, 1.54) is 7.11 Å². The van der Waals surface area contributed by atoms with Gasteiger partial charge in [-0.05, 0) is 30.0 Å². The van der Waals surface area contributed by atoms with Crippen LogP contribution in [0.4, 0.5) is 17.1 Å². The second kappa shape index (κ2) is 6.03. The minimum absolute atomic E-state index is 0.0479. The molecule has 21 heavy (non-hydrogen) atoms. The van der Waals surface area contributed by atoms with Crippen molar-refractivity contribution < 1.29 is 14.3 Å². The van der Waals surface area contributed by atoms with Crippen LogP contribution in [-0.2, 0) is 20.7 Å². The van der Waals surface area contributed by atoms with Crippen LogP contribution in [0.5, 0.6) is 0 Å². The van der Waals surface area contributed by atoms with Crippen molar-refractivity contribution in [3.05, 3.63) is 17.7 Å². The molecule has 114 valence electrons. The minimum atomic E-state index is -0.465. The van der Waals surface area contributed by atoms with Crippen molar-refractivity contribution in [2.45, 2.75) is 32.7 Å². The van der Waals surface area contributed by atoms with Gasteiger partial charge in [-0.25, -0.2) is 4.79 Å². The molecule has 4 N–H and O–H groups in total. The van der Waals surface area contributed by atoms with Crippen LogP contribution in [0.15, 0.2) is 12.1 Å². The van der Waals surface area contributed by atoms with Gasteiger partial charge in [0.25, 0.3) is 0 Å². The van der Waals surface area contributed by atoms with Gasteiger partial charge in [0.05, 0.1) is 24.9 Å². The van der Waals surface area contributed by atoms with Crippen LogP contribution >= 0.6 is 0 Å². The first kappa shape index (κ1) is 15.2. The molecule has 1 heterocycles. The fourth-order valence-electron chi connectivity index (χ4n) is 2.43. The Balaban J connectivity index is 2.23. The lowest BCUT2D eigenvalue weighted by molar-refractivity contribution is -0.141. The zero-order valence-corrected chi connectivity index (χ0v) is 12.5. The summed E-state index contributed by atoms with van der Waals surface area (Å²) in [6.45, 7) is 4.06. The molecule has 0 saturated carbocycles. The van der Waals surface area contributed by atoms with Gasteiger partial charge >= 0.3 is 5.97 Å². The highest BCUT2D eigenvalue weighted by Gasteiger charge is 2.24. The summed E-state index contributed by atoms with van der Waals surface area (Å²) in [7, 11) is 1.36.